The van der Waals surface area contributed by atoms with E-state index in [9.17, 15) is 4.39 Å². The molecule has 2 heteroatoms. The van der Waals surface area contributed by atoms with E-state index < -0.39 is 0 Å². The zero-order chi connectivity index (χ0) is 16.2. The van der Waals surface area contributed by atoms with Crippen LogP contribution in [0, 0.1) is 5.82 Å². The van der Waals surface area contributed by atoms with E-state index >= 15 is 0 Å². The first-order valence-electron chi connectivity index (χ1n) is 8.15. The first kappa shape index (κ1) is 16.0. The molecule has 23 heavy (non-hydrogen) atoms. The lowest BCUT2D eigenvalue weighted by Gasteiger charge is -2.07. The number of halogens is 2. The molecule has 3 rings (SSSR count). The van der Waals surface area contributed by atoms with E-state index in [0.717, 1.165) is 17.5 Å². The van der Waals surface area contributed by atoms with Crippen molar-refractivity contribution in [3.63, 3.8) is 0 Å². The Labute approximate surface area is 141 Å². The Morgan fingerprint density at radius 2 is 1.52 bits per heavy atom. The highest BCUT2D eigenvalue weighted by Gasteiger charge is 2.05. The van der Waals surface area contributed by atoms with Crippen LogP contribution < -0.4 is 0 Å². The van der Waals surface area contributed by atoms with Crippen molar-refractivity contribution >= 4 is 22.4 Å². The smallest absolute Gasteiger partial charge is 0.142 e. The van der Waals surface area contributed by atoms with Crippen LogP contribution in [0.15, 0.2) is 54.6 Å². The third-order valence-electron chi connectivity index (χ3n) is 4.23. The van der Waals surface area contributed by atoms with E-state index in [-0.39, 0.29) is 10.8 Å². The highest BCUT2D eigenvalue weighted by atomic mass is 35.5. The predicted molar refractivity (Wildman–Crippen MR) is 97.6 cm³/mol. The van der Waals surface area contributed by atoms with E-state index in [2.05, 4.69) is 37.3 Å². The summed E-state index contributed by atoms with van der Waals surface area (Å²) in [4.78, 5) is 0. The van der Waals surface area contributed by atoms with Crippen molar-refractivity contribution in [2.45, 2.75) is 32.6 Å². The van der Waals surface area contributed by atoms with Gasteiger partial charge in [0, 0.05) is 0 Å². The lowest BCUT2D eigenvalue weighted by atomic mass is 9.98. The number of rotatable bonds is 5. The number of fused-ring (bicyclic) bond motifs is 1. The molecular formula is C21H20ClF. The highest BCUT2D eigenvalue weighted by Crippen LogP contribution is 2.28. The summed E-state index contributed by atoms with van der Waals surface area (Å²) in [5, 5.41) is 2.57. The molecule has 0 bridgehead atoms. The average Bonchev–Trinajstić information content (AvgIpc) is 2.57. The summed E-state index contributed by atoms with van der Waals surface area (Å²) in [6.45, 7) is 2.22. The molecule has 0 amide bonds. The summed E-state index contributed by atoms with van der Waals surface area (Å²) >= 11 is 5.76. The summed E-state index contributed by atoms with van der Waals surface area (Å²) in [6, 6.07) is 17.8. The zero-order valence-corrected chi connectivity index (χ0v) is 14.0. The number of aryl methyl sites for hydroxylation is 1. The third-order valence-corrected chi connectivity index (χ3v) is 4.53. The Morgan fingerprint density at radius 3 is 2.30 bits per heavy atom. The predicted octanol–water partition coefficient (Wildman–Crippen LogP) is 7.03. The topological polar surface area (TPSA) is 0 Å². The highest BCUT2D eigenvalue weighted by molar-refractivity contribution is 6.30. The maximum atomic E-state index is 13.6. The number of hydrogen-bond acceptors (Lipinski definition) is 0. The molecule has 0 N–H and O–H groups in total. The van der Waals surface area contributed by atoms with E-state index in [4.69, 9.17) is 11.6 Å². The van der Waals surface area contributed by atoms with E-state index in [1.165, 1.54) is 41.7 Å². The molecule has 0 radical (unpaired) electrons. The van der Waals surface area contributed by atoms with Crippen LogP contribution >= 0.6 is 11.6 Å². The van der Waals surface area contributed by atoms with Crippen LogP contribution in [0.3, 0.4) is 0 Å². The summed E-state index contributed by atoms with van der Waals surface area (Å²) in [6.07, 6.45) is 4.89. The van der Waals surface area contributed by atoms with Crippen molar-refractivity contribution < 1.29 is 4.39 Å². The minimum absolute atomic E-state index is 0.159. The molecular weight excluding hydrogens is 307 g/mol. The fraction of sp³-hybridized carbons (Fsp3) is 0.238. The SMILES string of the molecule is CCCCCc1ccc2cc(-c3ccc(Cl)c(F)c3)ccc2c1. The Balaban J connectivity index is 1.90. The van der Waals surface area contributed by atoms with Gasteiger partial charge in [0.15, 0.2) is 0 Å². The van der Waals surface area contributed by atoms with Gasteiger partial charge < -0.3 is 0 Å². The van der Waals surface area contributed by atoms with Gasteiger partial charge in [0.2, 0.25) is 0 Å². The summed E-state index contributed by atoms with van der Waals surface area (Å²) in [5.74, 6) is -0.379. The molecule has 0 nitrogen and oxygen atoms in total. The second kappa shape index (κ2) is 7.14. The molecule has 0 aliphatic rings. The quantitative estimate of drug-likeness (QED) is 0.441. The molecule has 0 heterocycles. The van der Waals surface area contributed by atoms with E-state index in [1.807, 2.05) is 12.1 Å². The first-order chi connectivity index (χ1) is 11.2. The standard InChI is InChI=1S/C21H20ClF/c1-2-3-4-5-15-6-7-17-13-18(9-8-16(17)12-15)19-10-11-20(22)21(23)14-19/h6-14H,2-5H2,1H3. The molecule has 3 aromatic carbocycles. The molecule has 0 spiro atoms. The van der Waals surface area contributed by atoms with Gasteiger partial charge in [0.25, 0.3) is 0 Å². The molecule has 3 aromatic rings. The van der Waals surface area contributed by atoms with Gasteiger partial charge in [0.1, 0.15) is 5.82 Å². The Kier molecular flexibility index (Phi) is 4.97. The van der Waals surface area contributed by atoms with Crippen molar-refractivity contribution in [1.82, 2.24) is 0 Å². The van der Waals surface area contributed by atoms with Crippen LogP contribution in [0.1, 0.15) is 31.7 Å². The Hall–Kier alpha value is -1.86. The number of unbranched alkanes of at least 4 members (excludes halogenated alkanes) is 2. The largest absolute Gasteiger partial charge is 0.205 e. The molecule has 0 aromatic heterocycles. The Bertz CT molecular complexity index is 823. The molecule has 0 fully saturated rings. The monoisotopic (exact) mass is 326 g/mol. The molecule has 0 unspecified atom stereocenters. The normalized spacial score (nSPS) is 11.1. The maximum Gasteiger partial charge on any atom is 0.142 e. The maximum absolute atomic E-state index is 13.6. The summed E-state index contributed by atoms with van der Waals surface area (Å²) in [7, 11) is 0. The van der Waals surface area contributed by atoms with Gasteiger partial charge >= 0.3 is 0 Å². The van der Waals surface area contributed by atoms with Crippen LogP contribution in [-0.4, -0.2) is 0 Å². The van der Waals surface area contributed by atoms with Crippen LogP contribution in [0.25, 0.3) is 21.9 Å². The van der Waals surface area contributed by atoms with Gasteiger partial charge in [-0.05, 0) is 58.5 Å². The van der Waals surface area contributed by atoms with Crippen molar-refractivity contribution in [3.05, 3.63) is 71.0 Å². The van der Waals surface area contributed by atoms with E-state index in [0.29, 0.717) is 0 Å². The second-order valence-corrected chi connectivity index (χ2v) is 6.39. The lowest BCUT2D eigenvalue weighted by Crippen LogP contribution is -1.87. The fourth-order valence-electron chi connectivity index (χ4n) is 2.89. The fourth-order valence-corrected chi connectivity index (χ4v) is 3.00. The van der Waals surface area contributed by atoms with Gasteiger partial charge in [-0.1, -0.05) is 67.8 Å². The van der Waals surface area contributed by atoms with Crippen LogP contribution in [0.2, 0.25) is 5.02 Å². The molecule has 118 valence electrons. The molecule has 0 aliphatic heterocycles. The molecule has 0 saturated carbocycles. The minimum Gasteiger partial charge on any atom is -0.205 e. The van der Waals surface area contributed by atoms with Crippen molar-refractivity contribution in [2.24, 2.45) is 0 Å². The van der Waals surface area contributed by atoms with E-state index in [1.54, 1.807) is 6.07 Å². The van der Waals surface area contributed by atoms with Gasteiger partial charge in [-0.3, -0.25) is 0 Å². The van der Waals surface area contributed by atoms with Crippen molar-refractivity contribution in [1.29, 1.82) is 0 Å². The second-order valence-electron chi connectivity index (χ2n) is 5.98. The lowest BCUT2D eigenvalue weighted by molar-refractivity contribution is 0.629. The molecule has 0 atom stereocenters. The van der Waals surface area contributed by atoms with Gasteiger partial charge in [0.05, 0.1) is 5.02 Å². The average molecular weight is 327 g/mol. The summed E-state index contributed by atoms with van der Waals surface area (Å²) < 4.78 is 13.6. The Morgan fingerprint density at radius 1 is 0.826 bits per heavy atom. The molecule has 0 saturated heterocycles. The number of hydrogen-bond donors (Lipinski definition) is 0. The first-order valence-corrected chi connectivity index (χ1v) is 8.53. The third kappa shape index (κ3) is 3.73. The van der Waals surface area contributed by atoms with Crippen LogP contribution in [0.5, 0.6) is 0 Å². The zero-order valence-electron chi connectivity index (χ0n) is 13.3. The van der Waals surface area contributed by atoms with Crippen LogP contribution in [-0.2, 0) is 6.42 Å². The van der Waals surface area contributed by atoms with Gasteiger partial charge in [-0.15, -0.1) is 0 Å². The van der Waals surface area contributed by atoms with Crippen molar-refractivity contribution in [3.8, 4) is 11.1 Å². The van der Waals surface area contributed by atoms with Gasteiger partial charge in [-0.25, -0.2) is 4.39 Å². The molecule has 0 aliphatic carbocycles. The van der Waals surface area contributed by atoms with Crippen LogP contribution in [0.4, 0.5) is 4.39 Å². The van der Waals surface area contributed by atoms with Gasteiger partial charge in [-0.2, -0.15) is 0 Å². The summed E-state index contributed by atoms with van der Waals surface area (Å²) in [5.41, 5.74) is 3.24. The van der Waals surface area contributed by atoms with Crippen molar-refractivity contribution in [2.75, 3.05) is 0 Å². The minimum atomic E-state index is -0.379. The number of benzene rings is 3.